The molecule has 700 valence electrons. The fourth-order valence-electron chi connectivity index (χ4n) is 13.0. The summed E-state index contributed by atoms with van der Waals surface area (Å²) in [5, 5.41) is 107. The Hall–Kier alpha value is -12.3. The highest BCUT2D eigenvalue weighted by Crippen LogP contribution is 2.21. The maximum absolute atomic E-state index is 15.2. The Bertz CT molecular complexity index is 4260. The van der Waals surface area contributed by atoms with Crippen molar-refractivity contribution in [3.63, 3.8) is 0 Å². The van der Waals surface area contributed by atoms with E-state index in [-0.39, 0.29) is 101 Å². The number of aliphatic hydroxyl groups excluding tert-OH is 4. The molecule has 0 aliphatic rings. The second-order valence-corrected chi connectivity index (χ2v) is 31.9. The third kappa shape index (κ3) is 35.4. The molecule has 46 heteroatoms. The van der Waals surface area contributed by atoms with Crippen LogP contribution in [0.5, 0.6) is 0 Å². The number of nitrogens with zero attached hydrogens (tertiary/aromatic N) is 2. The number of nitrogens with one attached hydrogen (secondary N) is 19. The van der Waals surface area contributed by atoms with E-state index in [1.165, 1.54) is 38.2 Å². The van der Waals surface area contributed by atoms with Crippen LogP contribution >= 0.6 is 0 Å². The van der Waals surface area contributed by atoms with E-state index in [4.69, 9.17) is 22.6 Å². The van der Waals surface area contributed by atoms with Crippen molar-refractivity contribution < 1.29 is 107 Å². The zero-order valence-corrected chi connectivity index (χ0v) is 72.5. The average molecular weight is 1780 g/mol. The second kappa shape index (κ2) is 53.8. The van der Waals surface area contributed by atoms with Crippen LogP contribution < -0.4 is 97.0 Å². The molecule has 0 fully saturated rings. The third-order valence-corrected chi connectivity index (χ3v) is 20.7. The largest absolute Gasteiger partial charge is 0.481 e. The number of hydrogen-bond donors (Lipinski definition) is 28. The summed E-state index contributed by atoms with van der Waals surface area (Å²) in [5.41, 5.74) is 18.5. The van der Waals surface area contributed by atoms with Gasteiger partial charge in [0, 0.05) is 73.1 Å². The van der Waals surface area contributed by atoms with Gasteiger partial charge in [-0.2, -0.15) is 0 Å². The van der Waals surface area contributed by atoms with Gasteiger partial charge in [-0.05, 0) is 107 Å². The fraction of sp³-hybridized carbons (Fsp3) is 0.613. The molecule has 0 aliphatic heterocycles. The Morgan fingerprint density at radius 3 is 1.31 bits per heavy atom. The quantitative estimate of drug-likeness (QED) is 0.0111. The summed E-state index contributed by atoms with van der Waals surface area (Å²) >= 11 is 0. The van der Waals surface area contributed by atoms with Gasteiger partial charge in [0.05, 0.1) is 38.6 Å². The summed E-state index contributed by atoms with van der Waals surface area (Å²) in [6.45, 7) is 13.1. The van der Waals surface area contributed by atoms with Crippen LogP contribution in [0, 0.1) is 29.1 Å². The van der Waals surface area contributed by atoms with E-state index in [2.05, 4.69) is 105 Å². The maximum atomic E-state index is 15.2. The molecule has 0 aliphatic carbocycles. The Morgan fingerprint density at radius 1 is 0.444 bits per heavy atom. The first-order valence-corrected chi connectivity index (χ1v) is 41.8. The smallest absolute Gasteiger partial charge is 0.326 e. The van der Waals surface area contributed by atoms with Crippen molar-refractivity contribution in [3.8, 4) is 0 Å². The number of aliphatic carboxylic acids is 2. The minimum absolute atomic E-state index is 0.00573. The number of guanidine groups is 1. The summed E-state index contributed by atoms with van der Waals surface area (Å²) in [5.74, 6) is -19.5. The average Bonchev–Trinajstić information content (AvgIpc) is 1.65. The highest BCUT2D eigenvalue weighted by molar-refractivity contribution is 6.01. The standard InChI is InChI=1S/C80H128N24O22/c1-11-41(7)62(102-69(115)52(21-17-25-87-80(83)84)93-72(118)56(29-46-32-85-37-89-46)98-78(124)64(44(10)108)104-77(123)63(42(8)12-2)103-68(114)51(20-15-16-24-81)92-66(112)49(82)34-105)76(122)97-57(30-47-33-86-38-90-47)73(119)96-55(28-45-31-88-50-19-14-13-18-48(45)50)71(117)94-53(22-23-61(109)110)67(113)101-59(35-106)74(120)91-43(9)65(111)100-60(36-107)75(121)95-54(26-39(3)4)70(116)99-58(79(125)126)27-40(5)6/h13-14,18-19,31-33,37-44,49,51-60,62-64,88,105-108H,11-12,15-17,20-30,34-36,81-82H2,1-10H3,(H,85,89)(H,86,90)(H,91,120)(H,92,112)(H,93,118)(H,94,117)(H,95,121)(H,96,119)(H,97,122)(H,98,124)(H,99,116)(H,100,111)(H,101,113)(H,102,115)(H,103,114)(H,104,123)(H,109,110)(H,125,126)(H4,83,84,87)/t41-,42-,43-,44+,49-,51-,52-,53-,54-,55-,56-,57-,58-,59-,60-,62-,63-,64-/m0/s1. The molecule has 0 unspecified atom stereocenters. The van der Waals surface area contributed by atoms with Crippen LogP contribution in [-0.2, 0) is 96.0 Å². The van der Waals surface area contributed by atoms with Gasteiger partial charge >= 0.3 is 11.9 Å². The number of carbonyl (C=O) groups is 16. The molecule has 4 aromatic rings. The van der Waals surface area contributed by atoms with Crippen LogP contribution in [0.25, 0.3) is 10.9 Å². The van der Waals surface area contributed by atoms with Crippen LogP contribution in [0.1, 0.15) is 157 Å². The molecule has 0 saturated carbocycles. The number of hydrogen-bond acceptors (Lipinski definition) is 25. The molecule has 3 aromatic heterocycles. The van der Waals surface area contributed by atoms with E-state index in [1.807, 2.05) is 0 Å². The molecule has 4 rings (SSSR count). The number of aromatic amines is 3. The molecular weight excluding hydrogens is 1650 g/mol. The second-order valence-electron chi connectivity index (χ2n) is 31.9. The number of benzene rings is 1. The van der Waals surface area contributed by atoms with Crippen molar-refractivity contribution in [2.45, 2.75) is 256 Å². The van der Waals surface area contributed by atoms with Crippen LogP contribution in [0.3, 0.4) is 0 Å². The molecule has 1 aromatic carbocycles. The monoisotopic (exact) mass is 1780 g/mol. The first kappa shape index (κ1) is 106. The van der Waals surface area contributed by atoms with Crippen molar-refractivity contribution in [3.05, 3.63) is 72.5 Å². The summed E-state index contributed by atoms with van der Waals surface area (Å²) in [6, 6.07) is -17.1. The number of aliphatic hydroxyl groups is 4. The molecule has 0 radical (unpaired) electrons. The fourth-order valence-corrected chi connectivity index (χ4v) is 13.0. The Balaban J connectivity index is 1.67. The van der Waals surface area contributed by atoms with Crippen molar-refractivity contribution in [1.29, 1.82) is 5.41 Å². The lowest BCUT2D eigenvalue weighted by Gasteiger charge is -2.30. The third-order valence-electron chi connectivity index (χ3n) is 20.7. The summed E-state index contributed by atoms with van der Waals surface area (Å²) in [4.78, 5) is 240. The number of para-hydroxylation sites is 1. The van der Waals surface area contributed by atoms with E-state index in [0.29, 0.717) is 29.3 Å². The van der Waals surface area contributed by atoms with Crippen molar-refractivity contribution in [1.82, 2.24) is 105 Å². The van der Waals surface area contributed by atoms with Gasteiger partial charge in [-0.15, -0.1) is 0 Å². The molecule has 126 heavy (non-hydrogen) atoms. The number of H-pyrrole nitrogens is 3. The number of nitrogens with two attached hydrogens (primary N) is 3. The minimum Gasteiger partial charge on any atom is -0.481 e. The lowest BCUT2D eigenvalue weighted by Crippen LogP contribution is -2.63. The van der Waals surface area contributed by atoms with E-state index in [0.717, 1.165) is 6.92 Å². The van der Waals surface area contributed by atoms with Gasteiger partial charge < -0.3 is 143 Å². The summed E-state index contributed by atoms with van der Waals surface area (Å²) < 4.78 is 0. The number of unbranched alkanes of at least 4 members (excludes halogenated alkanes) is 1. The van der Waals surface area contributed by atoms with E-state index < -0.39 is 242 Å². The number of rotatable bonds is 58. The Kier molecular flexibility index (Phi) is 45.3. The molecule has 0 spiro atoms. The van der Waals surface area contributed by atoms with Crippen molar-refractivity contribution >= 4 is 112 Å². The number of carboxylic acid groups (broad SMARTS) is 2. The number of aromatic nitrogens is 5. The zero-order chi connectivity index (χ0) is 94.2. The highest BCUT2D eigenvalue weighted by atomic mass is 16.4. The number of amides is 14. The molecule has 3 heterocycles. The van der Waals surface area contributed by atoms with Crippen molar-refractivity contribution in [2.24, 2.45) is 40.9 Å². The predicted molar refractivity (Wildman–Crippen MR) is 455 cm³/mol. The predicted octanol–water partition coefficient (Wildman–Crippen LogP) is -6.34. The normalized spacial score (nSPS) is 15.6. The van der Waals surface area contributed by atoms with Gasteiger partial charge in [-0.25, -0.2) is 14.8 Å². The lowest BCUT2D eigenvalue weighted by atomic mass is 9.96. The SMILES string of the molecule is CC[C@H](C)[C@H](NC(=O)[C@H](CCCNC(=N)N)NC(=O)[C@H](Cc1cnc[nH]1)NC(=O)[C@@H](NC(=O)[C@@H](NC(=O)[C@H](CCCCN)NC(=O)[C@@H](N)CO)[C@@H](C)CC)[C@@H](C)O)C(=O)N[C@@H](Cc1cnc[nH]1)C(=O)N[C@@H](Cc1c[nH]c2ccccc12)C(=O)N[C@@H](CCC(=O)O)C(=O)N[C@@H](CO)C(=O)N[C@@H](C)C(=O)N[C@@H](CO)C(=O)N[C@@H](CC(C)C)C(=O)N[C@@H](CC(C)C)C(=O)O. The van der Waals surface area contributed by atoms with E-state index >= 15 is 19.2 Å². The Morgan fingerprint density at radius 2 is 0.841 bits per heavy atom. The van der Waals surface area contributed by atoms with Gasteiger partial charge in [-0.1, -0.05) is 86.4 Å². The maximum Gasteiger partial charge on any atom is 0.326 e. The zero-order valence-electron chi connectivity index (χ0n) is 72.5. The number of imidazole rings is 2. The first-order valence-electron chi connectivity index (χ1n) is 41.8. The van der Waals surface area contributed by atoms with Crippen LogP contribution in [-0.4, -0.2) is 286 Å². The first-order chi connectivity index (χ1) is 59.6. The number of fused-ring (bicyclic) bond motifs is 1. The molecular formula is C80H128N24O22. The lowest BCUT2D eigenvalue weighted by molar-refractivity contribution is -0.143. The van der Waals surface area contributed by atoms with Crippen molar-refractivity contribution in [2.75, 3.05) is 32.9 Å². The van der Waals surface area contributed by atoms with Gasteiger partial charge in [0.25, 0.3) is 0 Å². The van der Waals surface area contributed by atoms with E-state index in [1.54, 1.807) is 79.7 Å². The number of carbonyl (C=O) groups excluding carboxylic acids is 14. The van der Waals surface area contributed by atoms with Gasteiger partial charge in [0.15, 0.2) is 5.96 Å². The van der Waals surface area contributed by atoms with Gasteiger partial charge in [-0.3, -0.25) is 77.3 Å². The number of carboxylic acids is 2. The summed E-state index contributed by atoms with van der Waals surface area (Å²) in [7, 11) is 0. The Labute approximate surface area is 728 Å². The molecule has 0 bridgehead atoms. The van der Waals surface area contributed by atoms with E-state index in [9.17, 15) is 88.2 Å². The molecule has 31 N–H and O–H groups in total. The van der Waals surface area contributed by atoms with Crippen LogP contribution in [0.15, 0.2) is 55.5 Å². The van der Waals surface area contributed by atoms with Crippen LogP contribution in [0.2, 0.25) is 0 Å². The van der Waals surface area contributed by atoms with Gasteiger partial charge in [0.2, 0.25) is 82.7 Å². The van der Waals surface area contributed by atoms with Crippen LogP contribution in [0.4, 0.5) is 0 Å². The highest BCUT2D eigenvalue weighted by Gasteiger charge is 2.41. The summed E-state index contributed by atoms with van der Waals surface area (Å²) in [6.07, 6.45) is 3.57. The molecule has 18 atom stereocenters. The topological polar surface area (TPSA) is 750 Å². The van der Waals surface area contributed by atoms with Gasteiger partial charge in [0.1, 0.15) is 90.6 Å². The minimum atomic E-state index is -1.95. The molecule has 46 nitrogen and oxygen atoms in total. The molecule has 14 amide bonds. The molecule has 0 saturated heterocycles.